The average Bonchev–Trinajstić information content (AvgIpc) is 2.53. The molecule has 2 rings (SSSR count). The molecule has 0 aliphatic carbocycles. The number of carbonyl (C=O) groups excluding carboxylic acids is 2. The van der Waals surface area contributed by atoms with Gasteiger partial charge in [0.25, 0.3) is 0 Å². The van der Waals surface area contributed by atoms with Crippen molar-refractivity contribution in [1.82, 2.24) is 15.1 Å². The molecule has 1 heterocycles. The van der Waals surface area contributed by atoms with Gasteiger partial charge in [-0.25, -0.2) is 4.79 Å². The molecule has 1 aliphatic heterocycles. The fraction of sp³-hybridized carbons (Fsp3) is 0.412. The minimum Gasteiger partial charge on any atom is -0.336 e. The summed E-state index contributed by atoms with van der Waals surface area (Å²) in [5.41, 5.74) is 2.07. The molecule has 5 heteroatoms. The number of amides is 3. The van der Waals surface area contributed by atoms with Gasteiger partial charge in [-0.05, 0) is 19.4 Å². The smallest absolute Gasteiger partial charge is 0.317 e. The summed E-state index contributed by atoms with van der Waals surface area (Å²) < 4.78 is 0. The number of carbonyl (C=O) groups is 2. The first-order valence-electron chi connectivity index (χ1n) is 7.57. The molecule has 1 saturated heterocycles. The predicted molar refractivity (Wildman–Crippen MR) is 86.3 cm³/mol. The molecule has 0 aromatic heterocycles. The number of piperazine rings is 1. The standard InChI is InChI=1S/C17H23N3O2/c1-14(2)12-16(21)19-8-10-20(11-9-19)17(22)18-13-15-6-4-3-5-7-15/h3-7,12H,8-11,13H2,1-2H3,(H,18,22). The van der Waals surface area contributed by atoms with Crippen LogP contribution in [0.25, 0.3) is 0 Å². The molecule has 0 bridgehead atoms. The van der Waals surface area contributed by atoms with Gasteiger partial charge in [-0.2, -0.15) is 0 Å². The summed E-state index contributed by atoms with van der Waals surface area (Å²) >= 11 is 0. The normalized spacial score (nSPS) is 14.5. The lowest BCUT2D eigenvalue weighted by atomic mass is 10.2. The highest BCUT2D eigenvalue weighted by Gasteiger charge is 2.22. The third-order valence-electron chi connectivity index (χ3n) is 3.58. The predicted octanol–water partition coefficient (Wildman–Crippen LogP) is 2.01. The average molecular weight is 301 g/mol. The summed E-state index contributed by atoms with van der Waals surface area (Å²) in [5.74, 6) is 0.0318. The van der Waals surface area contributed by atoms with Crippen LogP contribution < -0.4 is 5.32 Å². The Balaban J connectivity index is 1.77. The maximum absolute atomic E-state index is 12.1. The highest BCUT2D eigenvalue weighted by atomic mass is 16.2. The molecule has 0 spiro atoms. The van der Waals surface area contributed by atoms with Gasteiger partial charge in [-0.1, -0.05) is 35.9 Å². The number of nitrogens with zero attached hydrogens (tertiary/aromatic N) is 2. The lowest BCUT2D eigenvalue weighted by Crippen LogP contribution is -2.52. The van der Waals surface area contributed by atoms with Gasteiger partial charge >= 0.3 is 6.03 Å². The molecule has 3 amide bonds. The van der Waals surface area contributed by atoms with Crippen molar-refractivity contribution in [3.8, 4) is 0 Å². The maximum Gasteiger partial charge on any atom is 0.317 e. The van der Waals surface area contributed by atoms with E-state index < -0.39 is 0 Å². The minimum absolute atomic E-state index is 0.0318. The van der Waals surface area contributed by atoms with Crippen LogP contribution in [0.5, 0.6) is 0 Å². The Bertz CT molecular complexity index is 542. The van der Waals surface area contributed by atoms with Crippen LogP contribution in [0.15, 0.2) is 42.0 Å². The van der Waals surface area contributed by atoms with Gasteiger partial charge in [-0.15, -0.1) is 0 Å². The zero-order valence-electron chi connectivity index (χ0n) is 13.2. The van der Waals surface area contributed by atoms with Gasteiger partial charge in [0.2, 0.25) is 5.91 Å². The molecule has 0 radical (unpaired) electrons. The molecule has 0 saturated carbocycles. The Morgan fingerprint density at radius 2 is 1.64 bits per heavy atom. The molecule has 1 fully saturated rings. The van der Waals surface area contributed by atoms with E-state index in [2.05, 4.69) is 5.32 Å². The van der Waals surface area contributed by atoms with E-state index in [1.807, 2.05) is 44.2 Å². The second-order valence-electron chi connectivity index (χ2n) is 5.68. The largest absolute Gasteiger partial charge is 0.336 e. The number of hydrogen-bond acceptors (Lipinski definition) is 2. The third-order valence-corrected chi connectivity index (χ3v) is 3.58. The molecule has 1 aromatic carbocycles. The first kappa shape index (κ1) is 16.1. The van der Waals surface area contributed by atoms with Crippen LogP contribution in [0.1, 0.15) is 19.4 Å². The molecule has 0 unspecified atom stereocenters. The molecule has 118 valence electrons. The fourth-order valence-corrected chi connectivity index (χ4v) is 2.35. The fourth-order valence-electron chi connectivity index (χ4n) is 2.35. The van der Waals surface area contributed by atoms with Crippen LogP contribution in [-0.4, -0.2) is 47.9 Å². The van der Waals surface area contributed by atoms with Crippen LogP contribution >= 0.6 is 0 Å². The van der Waals surface area contributed by atoms with Gasteiger partial charge in [0.05, 0.1) is 0 Å². The van der Waals surface area contributed by atoms with Crippen molar-refractivity contribution in [3.63, 3.8) is 0 Å². The molecule has 22 heavy (non-hydrogen) atoms. The van der Waals surface area contributed by atoms with Gasteiger partial charge in [0.1, 0.15) is 0 Å². The number of allylic oxidation sites excluding steroid dienone is 1. The molecule has 0 atom stereocenters. The van der Waals surface area contributed by atoms with E-state index in [9.17, 15) is 9.59 Å². The zero-order valence-corrected chi connectivity index (χ0v) is 13.2. The molecular formula is C17H23N3O2. The monoisotopic (exact) mass is 301 g/mol. The van der Waals surface area contributed by atoms with Gasteiger partial charge in [-0.3, -0.25) is 4.79 Å². The highest BCUT2D eigenvalue weighted by Crippen LogP contribution is 2.05. The second kappa shape index (κ2) is 7.64. The Morgan fingerprint density at radius 3 is 2.23 bits per heavy atom. The third kappa shape index (κ3) is 4.62. The summed E-state index contributed by atoms with van der Waals surface area (Å²) in [5, 5.41) is 2.92. The molecule has 1 aromatic rings. The van der Waals surface area contributed by atoms with Gasteiger partial charge < -0.3 is 15.1 Å². The van der Waals surface area contributed by atoms with E-state index in [0.29, 0.717) is 32.7 Å². The van der Waals surface area contributed by atoms with E-state index in [1.165, 1.54) is 0 Å². The Hall–Kier alpha value is -2.30. The van der Waals surface area contributed by atoms with Crippen LogP contribution in [0.4, 0.5) is 4.79 Å². The minimum atomic E-state index is -0.0711. The Morgan fingerprint density at radius 1 is 1.05 bits per heavy atom. The first-order chi connectivity index (χ1) is 10.6. The van der Waals surface area contributed by atoms with Crippen molar-refractivity contribution in [2.45, 2.75) is 20.4 Å². The van der Waals surface area contributed by atoms with E-state index in [0.717, 1.165) is 11.1 Å². The van der Waals surface area contributed by atoms with Crippen LogP contribution in [-0.2, 0) is 11.3 Å². The number of urea groups is 1. The molecule has 1 N–H and O–H groups in total. The Labute approximate surface area is 131 Å². The number of rotatable bonds is 3. The number of benzene rings is 1. The lowest BCUT2D eigenvalue weighted by molar-refractivity contribution is -0.127. The van der Waals surface area contributed by atoms with Crippen molar-refractivity contribution >= 4 is 11.9 Å². The van der Waals surface area contributed by atoms with Gasteiger partial charge in [0, 0.05) is 38.8 Å². The summed E-state index contributed by atoms with van der Waals surface area (Å²) in [6.07, 6.45) is 1.64. The second-order valence-corrected chi connectivity index (χ2v) is 5.68. The van der Waals surface area contributed by atoms with Crippen LogP contribution in [0.3, 0.4) is 0 Å². The zero-order chi connectivity index (χ0) is 15.9. The van der Waals surface area contributed by atoms with Crippen LogP contribution in [0.2, 0.25) is 0 Å². The molecular weight excluding hydrogens is 278 g/mol. The molecule has 1 aliphatic rings. The quantitative estimate of drug-likeness (QED) is 0.868. The topological polar surface area (TPSA) is 52.7 Å². The van der Waals surface area contributed by atoms with E-state index in [1.54, 1.807) is 15.9 Å². The summed E-state index contributed by atoms with van der Waals surface area (Å²) in [7, 11) is 0. The molecule has 5 nitrogen and oxygen atoms in total. The number of nitrogens with one attached hydrogen (secondary N) is 1. The number of hydrogen-bond donors (Lipinski definition) is 1. The summed E-state index contributed by atoms with van der Waals surface area (Å²) in [6, 6.07) is 9.75. The van der Waals surface area contributed by atoms with Crippen molar-refractivity contribution in [1.29, 1.82) is 0 Å². The Kier molecular flexibility index (Phi) is 5.58. The van der Waals surface area contributed by atoms with Crippen molar-refractivity contribution in [2.75, 3.05) is 26.2 Å². The van der Waals surface area contributed by atoms with Crippen molar-refractivity contribution in [2.24, 2.45) is 0 Å². The van der Waals surface area contributed by atoms with E-state index in [4.69, 9.17) is 0 Å². The first-order valence-corrected chi connectivity index (χ1v) is 7.57. The van der Waals surface area contributed by atoms with E-state index in [-0.39, 0.29) is 11.9 Å². The SMILES string of the molecule is CC(C)=CC(=O)N1CCN(C(=O)NCc2ccccc2)CC1. The summed E-state index contributed by atoms with van der Waals surface area (Å²) in [4.78, 5) is 27.6. The van der Waals surface area contributed by atoms with Crippen molar-refractivity contribution < 1.29 is 9.59 Å². The maximum atomic E-state index is 12.1. The van der Waals surface area contributed by atoms with Crippen LogP contribution in [0, 0.1) is 0 Å². The lowest BCUT2D eigenvalue weighted by Gasteiger charge is -2.34. The van der Waals surface area contributed by atoms with E-state index >= 15 is 0 Å². The van der Waals surface area contributed by atoms with Crippen molar-refractivity contribution in [3.05, 3.63) is 47.5 Å². The summed E-state index contributed by atoms with van der Waals surface area (Å²) in [6.45, 7) is 6.65. The highest BCUT2D eigenvalue weighted by molar-refractivity contribution is 5.88. The van der Waals surface area contributed by atoms with Gasteiger partial charge in [0.15, 0.2) is 0 Å².